The Morgan fingerprint density at radius 1 is 1.10 bits per heavy atom. The van der Waals surface area contributed by atoms with Gasteiger partial charge < -0.3 is 10.1 Å². The first kappa shape index (κ1) is 14.2. The molecule has 106 valence electrons. The predicted molar refractivity (Wildman–Crippen MR) is 71.4 cm³/mol. The second kappa shape index (κ2) is 5.86. The van der Waals surface area contributed by atoms with Gasteiger partial charge in [-0.3, -0.25) is 0 Å². The summed E-state index contributed by atoms with van der Waals surface area (Å²) in [6.45, 7) is 2.13. The molecule has 0 saturated carbocycles. The third-order valence-corrected chi connectivity index (χ3v) is 2.94. The zero-order valence-electron chi connectivity index (χ0n) is 11.1. The van der Waals surface area contributed by atoms with E-state index in [-0.39, 0.29) is 12.2 Å². The van der Waals surface area contributed by atoms with Crippen molar-refractivity contribution >= 4 is 5.69 Å². The Bertz CT molecular complexity index is 629. The quantitative estimate of drug-likeness (QED) is 0.854. The number of hydrogen-bond acceptors (Lipinski definition) is 2. The summed E-state index contributed by atoms with van der Waals surface area (Å²) in [5.74, 6) is -2.37. The molecule has 5 heteroatoms. The first-order valence-electron chi connectivity index (χ1n) is 6.03. The molecule has 2 nitrogen and oxygen atoms in total. The number of nitrogens with one attached hydrogen (secondary N) is 1. The van der Waals surface area contributed by atoms with Gasteiger partial charge in [0.15, 0.2) is 11.6 Å². The highest BCUT2D eigenvalue weighted by Crippen LogP contribution is 2.22. The second-order valence-corrected chi connectivity index (χ2v) is 4.41. The van der Waals surface area contributed by atoms with Crippen molar-refractivity contribution in [3.05, 3.63) is 58.9 Å². The average Bonchev–Trinajstić information content (AvgIpc) is 2.41. The molecule has 0 saturated heterocycles. The van der Waals surface area contributed by atoms with E-state index in [1.54, 1.807) is 19.2 Å². The SMILES string of the molecule is COc1ccc(CNc2cc(F)cc(F)c2F)cc1C. The molecule has 0 unspecified atom stereocenters. The molecular formula is C15H14F3NO. The highest BCUT2D eigenvalue weighted by Gasteiger charge is 2.10. The van der Waals surface area contributed by atoms with Gasteiger partial charge in [-0.2, -0.15) is 0 Å². The molecular weight excluding hydrogens is 267 g/mol. The lowest BCUT2D eigenvalue weighted by Gasteiger charge is -2.10. The monoisotopic (exact) mass is 281 g/mol. The van der Waals surface area contributed by atoms with E-state index in [2.05, 4.69) is 5.32 Å². The summed E-state index contributed by atoms with van der Waals surface area (Å²) in [5, 5.41) is 2.68. The number of hydrogen-bond donors (Lipinski definition) is 1. The lowest BCUT2D eigenvalue weighted by atomic mass is 10.1. The molecule has 2 aromatic rings. The minimum Gasteiger partial charge on any atom is -0.496 e. The van der Waals surface area contributed by atoms with E-state index in [0.717, 1.165) is 22.9 Å². The summed E-state index contributed by atoms with van der Waals surface area (Å²) < 4.78 is 44.7. The molecule has 0 radical (unpaired) electrons. The Morgan fingerprint density at radius 3 is 2.50 bits per heavy atom. The Labute approximate surface area is 115 Å². The Kier molecular flexibility index (Phi) is 4.17. The largest absolute Gasteiger partial charge is 0.496 e. The van der Waals surface area contributed by atoms with Crippen LogP contribution < -0.4 is 10.1 Å². The standard InChI is InChI=1S/C15H14F3NO/c1-9-5-10(3-4-14(9)20-2)8-19-13-7-11(16)6-12(17)15(13)18/h3-7,19H,8H2,1-2H3. The Morgan fingerprint density at radius 2 is 1.85 bits per heavy atom. The normalized spacial score (nSPS) is 10.4. The van der Waals surface area contributed by atoms with E-state index < -0.39 is 17.5 Å². The van der Waals surface area contributed by atoms with E-state index in [4.69, 9.17) is 4.74 Å². The smallest absolute Gasteiger partial charge is 0.182 e. The average molecular weight is 281 g/mol. The minimum atomic E-state index is -1.21. The van der Waals surface area contributed by atoms with Crippen molar-refractivity contribution in [2.75, 3.05) is 12.4 Å². The zero-order valence-corrected chi connectivity index (χ0v) is 11.1. The molecule has 0 bridgehead atoms. The summed E-state index contributed by atoms with van der Waals surface area (Å²) in [6.07, 6.45) is 0. The summed E-state index contributed by atoms with van der Waals surface area (Å²) in [5.41, 5.74) is 1.58. The maximum atomic E-state index is 13.5. The summed E-state index contributed by atoms with van der Waals surface area (Å²) in [6, 6.07) is 6.88. The van der Waals surface area contributed by atoms with Crippen molar-refractivity contribution in [1.82, 2.24) is 0 Å². The molecule has 0 aliphatic rings. The van der Waals surface area contributed by atoms with Gasteiger partial charge >= 0.3 is 0 Å². The predicted octanol–water partition coefficient (Wildman–Crippen LogP) is 4.03. The fourth-order valence-corrected chi connectivity index (χ4v) is 1.93. The van der Waals surface area contributed by atoms with Crippen molar-refractivity contribution in [2.45, 2.75) is 13.5 Å². The number of rotatable bonds is 4. The first-order chi connectivity index (χ1) is 9.51. The van der Waals surface area contributed by atoms with Gasteiger partial charge in [0.1, 0.15) is 11.6 Å². The lowest BCUT2D eigenvalue weighted by molar-refractivity contribution is 0.411. The van der Waals surface area contributed by atoms with Gasteiger partial charge in [-0.05, 0) is 24.1 Å². The summed E-state index contributed by atoms with van der Waals surface area (Å²) >= 11 is 0. The Balaban J connectivity index is 2.15. The van der Waals surface area contributed by atoms with Gasteiger partial charge in [-0.15, -0.1) is 0 Å². The molecule has 2 aromatic carbocycles. The van der Waals surface area contributed by atoms with E-state index in [1.807, 2.05) is 13.0 Å². The fraction of sp³-hybridized carbons (Fsp3) is 0.200. The van der Waals surface area contributed by atoms with Gasteiger partial charge in [0.2, 0.25) is 0 Å². The molecule has 0 heterocycles. The molecule has 0 aromatic heterocycles. The van der Waals surface area contributed by atoms with Crippen LogP contribution in [0.1, 0.15) is 11.1 Å². The number of aryl methyl sites for hydroxylation is 1. The molecule has 2 rings (SSSR count). The second-order valence-electron chi connectivity index (χ2n) is 4.41. The summed E-state index contributed by atoms with van der Waals surface area (Å²) in [7, 11) is 1.57. The van der Waals surface area contributed by atoms with Crippen molar-refractivity contribution in [3.63, 3.8) is 0 Å². The van der Waals surface area contributed by atoms with Crippen LogP contribution in [-0.2, 0) is 6.54 Å². The zero-order chi connectivity index (χ0) is 14.7. The van der Waals surface area contributed by atoms with Crippen LogP contribution in [-0.4, -0.2) is 7.11 Å². The van der Waals surface area contributed by atoms with E-state index in [0.29, 0.717) is 6.07 Å². The summed E-state index contributed by atoms with van der Waals surface area (Å²) in [4.78, 5) is 0. The molecule has 0 aliphatic heterocycles. The van der Waals surface area contributed by atoms with Crippen LogP contribution >= 0.6 is 0 Å². The molecule has 0 spiro atoms. The van der Waals surface area contributed by atoms with Crippen LogP contribution in [0, 0.1) is 24.4 Å². The Hall–Kier alpha value is -2.17. The first-order valence-corrected chi connectivity index (χ1v) is 6.03. The maximum absolute atomic E-state index is 13.5. The van der Waals surface area contributed by atoms with Crippen molar-refractivity contribution in [2.24, 2.45) is 0 Å². The number of halogens is 3. The minimum absolute atomic E-state index is 0.198. The number of ether oxygens (including phenoxy) is 1. The van der Waals surface area contributed by atoms with Crippen molar-refractivity contribution < 1.29 is 17.9 Å². The van der Waals surface area contributed by atoms with Gasteiger partial charge in [-0.25, -0.2) is 13.2 Å². The van der Waals surface area contributed by atoms with E-state index >= 15 is 0 Å². The van der Waals surface area contributed by atoms with Gasteiger partial charge in [0, 0.05) is 18.7 Å². The van der Waals surface area contributed by atoms with Crippen LogP contribution in [0.15, 0.2) is 30.3 Å². The van der Waals surface area contributed by atoms with Crippen molar-refractivity contribution in [3.8, 4) is 5.75 Å². The molecule has 0 fully saturated rings. The van der Waals surface area contributed by atoms with Gasteiger partial charge in [0.25, 0.3) is 0 Å². The number of anilines is 1. The topological polar surface area (TPSA) is 21.3 Å². The van der Waals surface area contributed by atoms with Crippen LogP contribution in [0.4, 0.5) is 18.9 Å². The maximum Gasteiger partial charge on any atom is 0.182 e. The van der Waals surface area contributed by atoms with Crippen LogP contribution in [0.25, 0.3) is 0 Å². The van der Waals surface area contributed by atoms with Crippen LogP contribution in [0.2, 0.25) is 0 Å². The number of benzene rings is 2. The molecule has 0 aliphatic carbocycles. The van der Waals surface area contributed by atoms with E-state index in [1.165, 1.54) is 0 Å². The molecule has 1 N–H and O–H groups in total. The third-order valence-electron chi connectivity index (χ3n) is 2.94. The van der Waals surface area contributed by atoms with Crippen LogP contribution in [0.5, 0.6) is 5.75 Å². The molecule has 0 atom stereocenters. The van der Waals surface area contributed by atoms with Crippen molar-refractivity contribution in [1.29, 1.82) is 0 Å². The number of methoxy groups -OCH3 is 1. The molecule has 0 amide bonds. The van der Waals surface area contributed by atoms with Gasteiger partial charge in [0.05, 0.1) is 12.8 Å². The molecule has 20 heavy (non-hydrogen) atoms. The lowest BCUT2D eigenvalue weighted by Crippen LogP contribution is -2.04. The van der Waals surface area contributed by atoms with E-state index in [9.17, 15) is 13.2 Å². The fourth-order valence-electron chi connectivity index (χ4n) is 1.93. The van der Waals surface area contributed by atoms with Crippen LogP contribution in [0.3, 0.4) is 0 Å². The van der Waals surface area contributed by atoms with Gasteiger partial charge in [-0.1, -0.05) is 12.1 Å². The highest BCUT2D eigenvalue weighted by atomic mass is 19.2. The highest BCUT2D eigenvalue weighted by molar-refractivity contribution is 5.46. The third kappa shape index (κ3) is 3.04.